The van der Waals surface area contributed by atoms with Crippen molar-refractivity contribution in [3.8, 4) is 0 Å². The molecule has 1 aromatic carbocycles. The molecule has 1 aliphatic carbocycles. The molecule has 1 atom stereocenters. The quantitative estimate of drug-likeness (QED) is 0.926. The van der Waals surface area contributed by atoms with Gasteiger partial charge < -0.3 is 15.2 Å². The summed E-state index contributed by atoms with van der Waals surface area (Å²) < 4.78 is 0. The van der Waals surface area contributed by atoms with Gasteiger partial charge in [-0.25, -0.2) is 0 Å². The zero-order valence-electron chi connectivity index (χ0n) is 12.5. The smallest absolute Gasteiger partial charge is 0.257 e. The lowest BCUT2D eigenvalue weighted by Crippen LogP contribution is -2.26. The number of rotatable bonds is 3. The van der Waals surface area contributed by atoms with Crippen LogP contribution in [0.3, 0.4) is 0 Å². The van der Waals surface area contributed by atoms with Crippen LogP contribution >= 0.6 is 22.9 Å². The van der Waals surface area contributed by atoms with E-state index >= 15 is 0 Å². The molecule has 1 amide bonds. The molecule has 0 radical (unpaired) electrons. The van der Waals surface area contributed by atoms with E-state index in [0.29, 0.717) is 27.9 Å². The molecule has 6 heteroatoms. The summed E-state index contributed by atoms with van der Waals surface area (Å²) >= 11 is 7.35. The number of thiophene rings is 1. The maximum absolute atomic E-state index is 12.4. The number of carboxylic acid groups (broad SMARTS) is 1. The SMILES string of the molecule is C[C@@H]1CCc2c(sc(NC(=O)c3ccccc3Cl)c2C(=O)[O-])C1. The lowest BCUT2D eigenvalue weighted by molar-refractivity contribution is -0.254. The Labute approximate surface area is 143 Å². The molecular weight excluding hydrogens is 334 g/mol. The molecule has 0 aliphatic heterocycles. The molecule has 0 saturated carbocycles. The topological polar surface area (TPSA) is 69.2 Å². The Bertz CT molecular complexity index is 784. The number of fused-ring (bicyclic) bond motifs is 1. The lowest BCUT2D eigenvalue weighted by Gasteiger charge is -2.19. The molecule has 1 heterocycles. The van der Waals surface area contributed by atoms with Crippen LogP contribution in [0.4, 0.5) is 5.00 Å². The van der Waals surface area contributed by atoms with E-state index in [4.69, 9.17) is 11.6 Å². The van der Waals surface area contributed by atoms with Crippen LogP contribution in [-0.4, -0.2) is 11.9 Å². The van der Waals surface area contributed by atoms with Crippen molar-refractivity contribution in [2.45, 2.75) is 26.2 Å². The second-order valence-corrected chi connectivity index (χ2v) is 7.29. The van der Waals surface area contributed by atoms with E-state index in [9.17, 15) is 14.7 Å². The molecule has 1 aliphatic rings. The Balaban J connectivity index is 1.96. The van der Waals surface area contributed by atoms with Crippen LogP contribution in [0.1, 0.15) is 44.5 Å². The van der Waals surface area contributed by atoms with Crippen molar-refractivity contribution >= 4 is 39.8 Å². The molecule has 0 saturated heterocycles. The van der Waals surface area contributed by atoms with Gasteiger partial charge in [0.2, 0.25) is 0 Å². The van der Waals surface area contributed by atoms with E-state index in [0.717, 1.165) is 23.3 Å². The highest BCUT2D eigenvalue weighted by molar-refractivity contribution is 7.17. The van der Waals surface area contributed by atoms with Crippen LogP contribution in [0.5, 0.6) is 0 Å². The standard InChI is InChI=1S/C17H16ClNO3S/c1-9-6-7-11-13(8-9)23-16(14(11)17(21)22)19-15(20)10-4-2-3-5-12(10)18/h2-5,9H,6-8H2,1H3,(H,19,20)(H,21,22)/p-1/t9-/m1/s1. The second-order valence-electron chi connectivity index (χ2n) is 5.78. The average Bonchev–Trinajstić information content (AvgIpc) is 2.84. The van der Waals surface area contributed by atoms with Crippen LogP contribution in [0.15, 0.2) is 24.3 Å². The van der Waals surface area contributed by atoms with Crippen LogP contribution < -0.4 is 10.4 Å². The fraction of sp³-hybridized carbons (Fsp3) is 0.294. The maximum atomic E-state index is 12.4. The predicted molar refractivity (Wildman–Crippen MR) is 89.2 cm³/mol. The van der Waals surface area contributed by atoms with Crippen molar-refractivity contribution in [1.82, 2.24) is 0 Å². The van der Waals surface area contributed by atoms with Gasteiger partial charge in [-0.15, -0.1) is 11.3 Å². The number of carbonyl (C=O) groups excluding carboxylic acids is 2. The monoisotopic (exact) mass is 348 g/mol. The van der Waals surface area contributed by atoms with Crippen molar-refractivity contribution in [2.24, 2.45) is 5.92 Å². The largest absolute Gasteiger partial charge is 0.545 e. The summed E-state index contributed by atoms with van der Waals surface area (Å²) in [4.78, 5) is 24.9. The van der Waals surface area contributed by atoms with Gasteiger partial charge in [-0.05, 0) is 42.9 Å². The minimum absolute atomic E-state index is 0.123. The van der Waals surface area contributed by atoms with Gasteiger partial charge in [-0.3, -0.25) is 4.79 Å². The van der Waals surface area contributed by atoms with Gasteiger partial charge in [0.15, 0.2) is 0 Å². The number of hydrogen-bond acceptors (Lipinski definition) is 4. The third-order valence-electron chi connectivity index (χ3n) is 4.06. The molecule has 0 spiro atoms. The summed E-state index contributed by atoms with van der Waals surface area (Å²) in [6, 6.07) is 6.67. The highest BCUT2D eigenvalue weighted by Crippen LogP contribution is 2.39. The Kier molecular flexibility index (Phi) is 4.41. The first-order chi connectivity index (χ1) is 11.0. The van der Waals surface area contributed by atoms with Crippen LogP contribution in [0, 0.1) is 5.92 Å². The molecule has 0 unspecified atom stereocenters. The maximum Gasteiger partial charge on any atom is 0.257 e. The van der Waals surface area contributed by atoms with Gasteiger partial charge in [0.25, 0.3) is 5.91 Å². The van der Waals surface area contributed by atoms with E-state index in [2.05, 4.69) is 12.2 Å². The van der Waals surface area contributed by atoms with E-state index in [1.807, 2.05) is 0 Å². The molecule has 120 valence electrons. The van der Waals surface area contributed by atoms with Crippen LogP contribution in [0.2, 0.25) is 5.02 Å². The zero-order chi connectivity index (χ0) is 16.6. The van der Waals surface area contributed by atoms with Gasteiger partial charge in [0.05, 0.1) is 16.6 Å². The van der Waals surface area contributed by atoms with E-state index in [1.165, 1.54) is 11.3 Å². The summed E-state index contributed by atoms with van der Waals surface area (Å²) in [7, 11) is 0. The van der Waals surface area contributed by atoms with E-state index in [1.54, 1.807) is 24.3 Å². The Morgan fingerprint density at radius 1 is 1.35 bits per heavy atom. The van der Waals surface area contributed by atoms with E-state index in [-0.39, 0.29) is 5.56 Å². The normalized spacial score (nSPS) is 16.7. The number of carboxylic acids is 1. The van der Waals surface area contributed by atoms with Crippen molar-refractivity contribution in [1.29, 1.82) is 0 Å². The fourth-order valence-electron chi connectivity index (χ4n) is 2.87. The van der Waals surface area contributed by atoms with Crippen molar-refractivity contribution in [3.63, 3.8) is 0 Å². The van der Waals surface area contributed by atoms with Crippen molar-refractivity contribution < 1.29 is 14.7 Å². The molecule has 23 heavy (non-hydrogen) atoms. The summed E-state index contributed by atoms with van der Waals surface area (Å²) in [6.07, 6.45) is 2.49. The molecule has 0 fully saturated rings. The number of halogens is 1. The third kappa shape index (κ3) is 3.12. The summed E-state index contributed by atoms with van der Waals surface area (Å²) in [5.41, 5.74) is 1.25. The van der Waals surface area contributed by atoms with Gasteiger partial charge in [0, 0.05) is 10.4 Å². The van der Waals surface area contributed by atoms with Gasteiger partial charge >= 0.3 is 0 Å². The van der Waals surface area contributed by atoms with Gasteiger partial charge in [0.1, 0.15) is 5.00 Å². The zero-order valence-corrected chi connectivity index (χ0v) is 14.1. The molecule has 3 rings (SSSR count). The summed E-state index contributed by atoms with van der Waals surface area (Å²) in [6.45, 7) is 2.14. The minimum Gasteiger partial charge on any atom is -0.545 e. The number of nitrogens with one attached hydrogen (secondary N) is 1. The Morgan fingerprint density at radius 2 is 2.09 bits per heavy atom. The minimum atomic E-state index is -1.24. The molecule has 1 N–H and O–H groups in total. The average molecular weight is 349 g/mol. The molecule has 1 aromatic heterocycles. The number of hydrogen-bond donors (Lipinski definition) is 1. The fourth-order valence-corrected chi connectivity index (χ4v) is 4.49. The van der Waals surface area contributed by atoms with Crippen molar-refractivity contribution in [3.05, 3.63) is 50.9 Å². The predicted octanol–water partition coefficient (Wildman–Crippen LogP) is 3.14. The number of aromatic carboxylic acids is 1. The highest BCUT2D eigenvalue weighted by Gasteiger charge is 2.25. The summed E-state index contributed by atoms with van der Waals surface area (Å²) in [5.74, 6) is -1.14. The molecule has 2 aromatic rings. The van der Waals surface area contributed by atoms with Crippen LogP contribution in [0.25, 0.3) is 0 Å². The first kappa shape index (κ1) is 16.0. The van der Waals surface area contributed by atoms with Gasteiger partial charge in [-0.1, -0.05) is 30.7 Å². The first-order valence-corrected chi connectivity index (χ1v) is 8.58. The Hall–Kier alpha value is -1.85. The lowest BCUT2D eigenvalue weighted by atomic mass is 9.88. The third-order valence-corrected chi connectivity index (χ3v) is 5.56. The second kappa shape index (κ2) is 6.34. The number of amides is 1. The highest BCUT2D eigenvalue weighted by atomic mass is 35.5. The summed E-state index contributed by atoms with van der Waals surface area (Å²) in [5, 5.41) is 14.9. The number of carbonyl (C=O) groups is 2. The van der Waals surface area contributed by atoms with Crippen LogP contribution in [-0.2, 0) is 12.8 Å². The molecule has 4 nitrogen and oxygen atoms in total. The van der Waals surface area contributed by atoms with Gasteiger partial charge in [-0.2, -0.15) is 0 Å². The Morgan fingerprint density at radius 3 is 2.78 bits per heavy atom. The number of benzene rings is 1. The number of anilines is 1. The van der Waals surface area contributed by atoms with E-state index < -0.39 is 11.9 Å². The molecular formula is C17H15ClNO3S-. The first-order valence-electron chi connectivity index (χ1n) is 7.39. The molecule has 0 bridgehead atoms. The van der Waals surface area contributed by atoms with Crippen molar-refractivity contribution in [2.75, 3.05) is 5.32 Å².